The normalized spacial score (nSPS) is 13.2. The number of pyridine rings is 1. The number of nitrogens with zero attached hydrogens (tertiary/aromatic N) is 5. The summed E-state index contributed by atoms with van der Waals surface area (Å²) in [5, 5.41) is 16.6. The van der Waals surface area contributed by atoms with Crippen LogP contribution in [0.15, 0.2) is 58.9 Å². The largest absolute Gasteiger partial charge is 0.494 e. The van der Waals surface area contributed by atoms with Crippen molar-refractivity contribution in [3.05, 3.63) is 65.3 Å². The number of likely N-dealkylation sites (N-methyl/N-ethyl adjacent to an activating group) is 1. The maximum atomic E-state index is 13.0. The van der Waals surface area contributed by atoms with Gasteiger partial charge in [0.25, 0.3) is 11.8 Å². The van der Waals surface area contributed by atoms with Crippen molar-refractivity contribution >= 4 is 41.1 Å². The molecule has 1 aliphatic carbocycles. The molecule has 0 saturated heterocycles. The van der Waals surface area contributed by atoms with Gasteiger partial charge in [-0.15, -0.1) is 10.2 Å². The molecule has 13 heteroatoms. The number of anilines is 3. The number of rotatable bonds is 11. The number of nitrogens with two attached hydrogens (primary N) is 1. The van der Waals surface area contributed by atoms with Crippen LogP contribution in [0, 0.1) is 5.92 Å². The molecular weight excluding hydrogens is 550 g/mol. The molecule has 0 atom stereocenters. The lowest BCUT2D eigenvalue weighted by atomic mass is 10.0. The predicted octanol–water partition coefficient (Wildman–Crippen LogP) is 3.00. The number of allylic oxidation sites excluding steroid dienone is 1. The summed E-state index contributed by atoms with van der Waals surface area (Å²) in [5.74, 6) is -0.184. The smallest absolute Gasteiger partial charge is 0.273 e. The van der Waals surface area contributed by atoms with Gasteiger partial charge in [-0.2, -0.15) is 0 Å². The average Bonchev–Trinajstić information content (AvgIpc) is 3.86. The van der Waals surface area contributed by atoms with Crippen molar-refractivity contribution in [2.45, 2.75) is 19.8 Å². The highest BCUT2D eigenvalue weighted by molar-refractivity contribution is 6.00. The van der Waals surface area contributed by atoms with Gasteiger partial charge >= 0.3 is 0 Å². The van der Waals surface area contributed by atoms with Gasteiger partial charge in [-0.25, -0.2) is 0 Å². The van der Waals surface area contributed by atoms with Gasteiger partial charge in [0.15, 0.2) is 11.5 Å². The third kappa shape index (κ3) is 7.31. The second kappa shape index (κ2) is 13.6. The number of aromatic nitrogens is 3. The van der Waals surface area contributed by atoms with E-state index in [1.807, 2.05) is 12.1 Å². The van der Waals surface area contributed by atoms with Crippen molar-refractivity contribution in [1.29, 1.82) is 0 Å². The van der Waals surface area contributed by atoms with E-state index in [9.17, 15) is 14.4 Å². The molecule has 2 heterocycles. The van der Waals surface area contributed by atoms with Crippen molar-refractivity contribution in [3.8, 4) is 16.9 Å². The Hall–Kier alpha value is -5.33. The van der Waals surface area contributed by atoms with Crippen LogP contribution in [0.4, 0.5) is 17.2 Å². The Morgan fingerprint density at radius 3 is 2.53 bits per heavy atom. The van der Waals surface area contributed by atoms with Gasteiger partial charge < -0.3 is 31.3 Å². The second-order valence-electron chi connectivity index (χ2n) is 10.0. The van der Waals surface area contributed by atoms with E-state index in [4.69, 9.17) is 10.5 Å². The molecule has 0 bridgehead atoms. The van der Waals surface area contributed by atoms with E-state index in [2.05, 4.69) is 36.1 Å². The molecular formula is C30H35N9O4. The van der Waals surface area contributed by atoms with Crippen molar-refractivity contribution in [3.63, 3.8) is 0 Å². The summed E-state index contributed by atoms with van der Waals surface area (Å²) in [6.07, 6.45) is 4.90. The zero-order valence-electron chi connectivity index (χ0n) is 24.8. The number of amides is 3. The molecule has 3 amide bonds. The summed E-state index contributed by atoms with van der Waals surface area (Å²) in [6, 6.07) is 10.4. The first-order valence-electron chi connectivity index (χ1n) is 13.6. The van der Waals surface area contributed by atoms with Gasteiger partial charge in [0.1, 0.15) is 11.4 Å². The van der Waals surface area contributed by atoms with Crippen molar-refractivity contribution in [2.24, 2.45) is 16.6 Å². The number of methoxy groups -OCH3 is 1. The van der Waals surface area contributed by atoms with Gasteiger partial charge in [0.2, 0.25) is 5.91 Å². The Balaban J connectivity index is 1.60. The molecule has 0 radical (unpaired) electrons. The Kier molecular flexibility index (Phi) is 9.65. The molecule has 0 unspecified atom stereocenters. The van der Waals surface area contributed by atoms with Crippen LogP contribution >= 0.6 is 0 Å². The lowest BCUT2D eigenvalue weighted by Gasteiger charge is -2.19. The molecule has 2 aromatic heterocycles. The lowest BCUT2D eigenvalue weighted by molar-refractivity contribution is -0.117. The van der Waals surface area contributed by atoms with Crippen molar-refractivity contribution < 1.29 is 19.1 Å². The number of hydrogen-bond donors (Lipinski definition) is 4. The topological polar surface area (TPSA) is 177 Å². The summed E-state index contributed by atoms with van der Waals surface area (Å²) in [4.78, 5) is 47.8. The predicted molar refractivity (Wildman–Crippen MR) is 165 cm³/mol. The van der Waals surface area contributed by atoms with Crippen LogP contribution in [0.25, 0.3) is 11.1 Å². The molecule has 43 heavy (non-hydrogen) atoms. The standard InChI is InChI=1S/C30H35N9O4/c1-17(31)20(14-32-2)16-39(4)30(42)23-12-11-19(15-34-23)21-7-6-8-22(27(21)43-5)35-24-13-25(36-28(40)18-9-10-18)37-38-26(24)29(41)33-3/h6-8,11-15,18H,9-10,16,31H2,1-5H3,(H,33,41)(H2,35,36,37,40)/b20-17+,32-14?. The summed E-state index contributed by atoms with van der Waals surface area (Å²) in [7, 11) is 6.34. The molecule has 4 rings (SSSR count). The molecule has 5 N–H and O–H groups in total. The maximum Gasteiger partial charge on any atom is 0.273 e. The van der Waals surface area contributed by atoms with E-state index in [0.29, 0.717) is 33.9 Å². The molecule has 0 aliphatic heterocycles. The third-order valence-corrected chi connectivity index (χ3v) is 6.76. The van der Waals surface area contributed by atoms with Crippen molar-refractivity contribution in [2.75, 3.05) is 45.4 Å². The number of para-hydroxylation sites is 1. The fourth-order valence-corrected chi connectivity index (χ4v) is 4.26. The van der Waals surface area contributed by atoms with E-state index >= 15 is 0 Å². The minimum absolute atomic E-state index is 0.0238. The van der Waals surface area contributed by atoms with E-state index < -0.39 is 5.91 Å². The number of carbonyl (C=O) groups is 3. The van der Waals surface area contributed by atoms with Crippen LogP contribution in [0.2, 0.25) is 0 Å². The highest BCUT2D eigenvalue weighted by atomic mass is 16.5. The fourth-order valence-electron chi connectivity index (χ4n) is 4.26. The van der Waals surface area contributed by atoms with Crippen LogP contribution in [-0.2, 0) is 4.79 Å². The Morgan fingerprint density at radius 2 is 1.93 bits per heavy atom. The summed E-state index contributed by atoms with van der Waals surface area (Å²) in [5.41, 5.74) is 9.81. The lowest BCUT2D eigenvalue weighted by Crippen LogP contribution is -2.30. The molecule has 224 valence electrons. The molecule has 1 fully saturated rings. The van der Waals surface area contributed by atoms with E-state index in [-0.39, 0.29) is 41.5 Å². The minimum Gasteiger partial charge on any atom is -0.494 e. The van der Waals surface area contributed by atoms with Gasteiger partial charge in [0.05, 0.1) is 18.5 Å². The highest BCUT2D eigenvalue weighted by Crippen LogP contribution is 2.38. The monoisotopic (exact) mass is 585 g/mol. The third-order valence-electron chi connectivity index (χ3n) is 6.76. The minimum atomic E-state index is -0.453. The van der Waals surface area contributed by atoms with Crippen LogP contribution in [0.1, 0.15) is 40.7 Å². The number of aliphatic imine (C=N–C) groups is 1. The summed E-state index contributed by atoms with van der Waals surface area (Å²) in [6.45, 7) is 2.05. The molecule has 0 spiro atoms. The molecule has 1 aliphatic rings. The summed E-state index contributed by atoms with van der Waals surface area (Å²) >= 11 is 0. The van der Waals surface area contributed by atoms with Gasteiger partial charge in [0, 0.05) is 74.5 Å². The number of ether oxygens (including phenoxy) is 1. The van der Waals surface area contributed by atoms with Crippen LogP contribution < -0.4 is 26.4 Å². The van der Waals surface area contributed by atoms with Crippen LogP contribution in [0.3, 0.4) is 0 Å². The number of benzene rings is 1. The zero-order chi connectivity index (χ0) is 31.1. The summed E-state index contributed by atoms with van der Waals surface area (Å²) < 4.78 is 5.77. The highest BCUT2D eigenvalue weighted by Gasteiger charge is 2.30. The first-order valence-corrected chi connectivity index (χ1v) is 13.6. The second-order valence-corrected chi connectivity index (χ2v) is 10.0. The molecule has 3 aromatic rings. The van der Waals surface area contributed by atoms with Gasteiger partial charge in [-0.1, -0.05) is 18.2 Å². The molecule has 1 saturated carbocycles. The van der Waals surface area contributed by atoms with Crippen LogP contribution in [-0.4, -0.2) is 78.8 Å². The quantitative estimate of drug-likeness (QED) is 0.246. The van der Waals surface area contributed by atoms with Gasteiger partial charge in [-0.05, 0) is 31.9 Å². The SMILES string of the molecule is CN=C/C(CN(C)C(=O)c1ccc(-c2cccc(Nc3cc(NC(=O)C4CC4)nnc3C(=O)NC)c2OC)cn1)=C(/C)N. The van der Waals surface area contributed by atoms with Crippen molar-refractivity contribution in [1.82, 2.24) is 25.4 Å². The number of nitrogens with one attached hydrogen (secondary N) is 3. The number of carbonyl (C=O) groups excluding carboxylic acids is 3. The number of hydrogen-bond acceptors (Lipinski definition) is 10. The maximum absolute atomic E-state index is 13.0. The first kappa shape index (κ1) is 30.6. The van der Waals surface area contributed by atoms with Crippen LogP contribution in [0.5, 0.6) is 5.75 Å². The van der Waals surface area contributed by atoms with Gasteiger partial charge in [-0.3, -0.25) is 24.4 Å². The Labute approximate surface area is 249 Å². The van der Waals surface area contributed by atoms with E-state index in [0.717, 1.165) is 18.4 Å². The molecule has 13 nitrogen and oxygen atoms in total. The zero-order valence-corrected chi connectivity index (χ0v) is 24.8. The Bertz CT molecular complexity index is 1580. The average molecular weight is 586 g/mol. The first-order chi connectivity index (χ1) is 20.7. The Morgan fingerprint density at radius 1 is 1.16 bits per heavy atom. The molecule has 1 aromatic carbocycles. The van der Waals surface area contributed by atoms with E-state index in [1.54, 1.807) is 57.7 Å². The fraction of sp³-hybridized carbons (Fsp3) is 0.300. The van der Waals surface area contributed by atoms with E-state index in [1.165, 1.54) is 19.1 Å².